The van der Waals surface area contributed by atoms with Crippen LogP contribution in [0.4, 0.5) is 0 Å². The lowest BCUT2D eigenvalue weighted by atomic mass is 10.4. The lowest BCUT2D eigenvalue weighted by molar-refractivity contribution is 0.0501. The van der Waals surface area contributed by atoms with Gasteiger partial charge in [-0.3, -0.25) is 0 Å². The van der Waals surface area contributed by atoms with Crippen molar-refractivity contribution >= 4 is 5.97 Å². The van der Waals surface area contributed by atoms with Crippen molar-refractivity contribution in [3.63, 3.8) is 0 Å². The average Bonchev–Trinajstić information content (AvgIpc) is 2.71. The number of rotatable bonds is 8. The van der Waals surface area contributed by atoms with Gasteiger partial charge in [0.05, 0.1) is 13.2 Å². The standard InChI is InChI=1S/C12H21N3O3/c1-4-6-8-17-9-7-15-10(3)13-14-11(15)12(16)18-5-2/h4-9H2,1-3H3. The molecule has 0 amide bonds. The van der Waals surface area contributed by atoms with E-state index in [4.69, 9.17) is 9.47 Å². The second-order valence-corrected chi connectivity index (χ2v) is 3.91. The predicted octanol–water partition coefficient (Wildman–Crippen LogP) is 1.58. The lowest BCUT2D eigenvalue weighted by Gasteiger charge is -2.08. The van der Waals surface area contributed by atoms with Crippen molar-refractivity contribution in [3.8, 4) is 0 Å². The zero-order valence-electron chi connectivity index (χ0n) is 11.3. The van der Waals surface area contributed by atoms with E-state index in [-0.39, 0.29) is 5.82 Å². The lowest BCUT2D eigenvalue weighted by Crippen LogP contribution is -2.17. The first-order valence-corrected chi connectivity index (χ1v) is 6.35. The van der Waals surface area contributed by atoms with Crippen molar-refractivity contribution in [2.75, 3.05) is 19.8 Å². The smallest absolute Gasteiger partial charge is 0.376 e. The topological polar surface area (TPSA) is 66.2 Å². The summed E-state index contributed by atoms with van der Waals surface area (Å²) in [4.78, 5) is 11.6. The van der Waals surface area contributed by atoms with Gasteiger partial charge in [0.25, 0.3) is 0 Å². The molecule has 0 fully saturated rings. The Bertz CT molecular complexity index is 377. The van der Waals surface area contributed by atoms with Crippen LogP contribution in [0.15, 0.2) is 0 Å². The fourth-order valence-electron chi connectivity index (χ4n) is 1.50. The summed E-state index contributed by atoms with van der Waals surface area (Å²) >= 11 is 0. The fraction of sp³-hybridized carbons (Fsp3) is 0.750. The largest absolute Gasteiger partial charge is 0.460 e. The molecular weight excluding hydrogens is 234 g/mol. The molecule has 0 spiro atoms. The van der Waals surface area contributed by atoms with E-state index in [2.05, 4.69) is 17.1 Å². The molecule has 0 aliphatic carbocycles. The molecule has 1 rings (SSSR count). The number of hydrogen-bond acceptors (Lipinski definition) is 5. The monoisotopic (exact) mass is 255 g/mol. The Kier molecular flexibility index (Phi) is 6.35. The maximum absolute atomic E-state index is 11.6. The number of esters is 1. The van der Waals surface area contributed by atoms with Crippen molar-refractivity contribution < 1.29 is 14.3 Å². The van der Waals surface area contributed by atoms with Gasteiger partial charge in [-0.2, -0.15) is 0 Å². The molecule has 18 heavy (non-hydrogen) atoms. The summed E-state index contributed by atoms with van der Waals surface area (Å²) in [6, 6.07) is 0. The van der Waals surface area contributed by atoms with Crippen LogP contribution >= 0.6 is 0 Å². The highest BCUT2D eigenvalue weighted by Crippen LogP contribution is 2.03. The van der Waals surface area contributed by atoms with Crippen molar-refractivity contribution in [2.45, 2.75) is 40.2 Å². The molecule has 6 nitrogen and oxygen atoms in total. The molecule has 0 aliphatic heterocycles. The van der Waals surface area contributed by atoms with Crippen molar-refractivity contribution in [1.29, 1.82) is 0 Å². The molecule has 0 unspecified atom stereocenters. The van der Waals surface area contributed by atoms with Gasteiger partial charge in [-0.15, -0.1) is 10.2 Å². The second kappa shape index (κ2) is 7.81. The van der Waals surface area contributed by atoms with Crippen LogP contribution in [-0.4, -0.2) is 40.6 Å². The Hall–Kier alpha value is -1.43. The molecule has 0 radical (unpaired) electrons. The molecule has 0 N–H and O–H groups in total. The number of hydrogen-bond donors (Lipinski definition) is 0. The van der Waals surface area contributed by atoms with E-state index in [1.165, 1.54) is 0 Å². The predicted molar refractivity (Wildman–Crippen MR) is 66.4 cm³/mol. The molecule has 0 aliphatic rings. The highest BCUT2D eigenvalue weighted by atomic mass is 16.5. The van der Waals surface area contributed by atoms with Crippen LogP contribution in [0.2, 0.25) is 0 Å². The van der Waals surface area contributed by atoms with Gasteiger partial charge in [0.15, 0.2) is 0 Å². The van der Waals surface area contributed by atoms with E-state index >= 15 is 0 Å². The van der Waals surface area contributed by atoms with Crippen LogP contribution in [0.3, 0.4) is 0 Å². The van der Waals surface area contributed by atoms with Gasteiger partial charge < -0.3 is 14.0 Å². The first-order chi connectivity index (χ1) is 8.70. The molecular formula is C12H21N3O3. The number of unbranched alkanes of at least 4 members (excludes halogenated alkanes) is 1. The Morgan fingerprint density at radius 1 is 1.28 bits per heavy atom. The molecule has 1 aromatic heterocycles. The number of aryl methyl sites for hydroxylation is 1. The van der Waals surface area contributed by atoms with Crippen LogP contribution in [0.1, 0.15) is 43.1 Å². The minimum atomic E-state index is -0.438. The van der Waals surface area contributed by atoms with Crippen molar-refractivity contribution in [1.82, 2.24) is 14.8 Å². The van der Waals surface area contributed by atoms with Crippen molar-refractivity contribution in [2.24, 2.45) is 0 Å². The summed E-state index contributed by atoms with van der Waals surface area (Å²) in [6.45, 7) is 7.87. The van der Waals surface area contributed by atoms with Gasteiger partial charge in [0.2, 0.25) is 5.82 Å². The van der Waals surface area contributed by atoms with E-state index in [9.17, 15) is 4.79 Å². The third-order valence-corrected chi connectivity index (χ3v) is 2.50. The maximum Gasteiger partial charge on any atom is 0.376 e. The van der Waals surface area contributed by atoms with Crippen LogP contribution in [-0.2, 0) is 16.0 Å². The highest BCUT2D eigenvalue weighted by Gasteiger charge is 2.17. The van der Waals surface area contributed by atoms with Crippen LogP contribution in [0.5, 0.6) is 0 Å². The van der Waals surface area contributed by atoms with Gasteiger partial charge >= 0.3 is 5.97 Å². The number of aromatic nitrogens is 3. The number of carbonyl (C=O) groups excluding carboxylic acids is 1. The van der Waals surface area contributed by atoms with E-state index in [0.717, 1.165) is 19.4 Å². The van der Waals surface area contributed by atoms with E-state index in [0.29, 0.717) is 25.6 Å². The molecule has 0 saturated heterocycles. The molecule has 6 heteroatoms. The zero-order chi connectivity index (χ0) is 13.4. The fourth-order valence-corrected chi connectivity index (χ4v) is 1.50. The summed E-state index contributed by atoms with van der Waals surface area (Å²) in [6.07, 6.45) is 2.16. The Balaban J connectivity index is 2.53. The Morgan fingerprint density at radius 2 is 2.06 bits per heavy atom. The van der Waals surface area contributed by atoms with E-state index in [1.807, 2.05) is 6.92 Å². The molecule has 0 atom stereocenters. The van der Waals surface area contributed by atoms with Gasteiger partial charge in [-0.1, -0.05) is 13.3 Å². The molecule has 0 saturated carbocycles. The van der Waals surface area contributed by atoms with Crippen LogP contribution in [0, 0.1) is 6.92 Å². The van der Waals surface area contributed by atoms with Gasteiger partial charge in [-0.25, -0.2) is 4.79 Å². The third-order valence-electron chi connectivity index (χ3n) is 2.50. The average molecular weight is 255 g/mol. The second-order valence-electron chi connectivity index (χ2n) is 3.91. The van der Waals surface area contributed by atoms with Crippen LogP contribution < -0.4 is 0 Å². The SMILES string of the molecule is CCCCOCCn1c(C)nnc1C(=O)OCC. The third kappa shape index (κ3) is 4.10. The quantitative estimate of drug-likeness (QED) is 0.521. The minimum absolute atomic E-state index is 0.244. The van der Waals surface area contributed by atoms with Gasteiger partial charge in [-0.05, 0) is 20.3 Å². The van der Waals surface area contributed by atoms with E-state index < -0.39 is 5.97 Å². The normalized spacial score (nSPS) is 10.6. The van der Waals surface area contributed by atoms with Crippen LogP contribution in [0.25, 0.3) is 0 Å². The molecule has 102 valence electrons. The summed E-state index contributed by atoms with van der Waals surface area (Å²) in [5.41, 5.74) is 0. The van der Waals surface area contributed by atoms with E-state index in [1.54, 1.807) is 11.5 Å². The van der Waals surface area contributed by atoms with Gasteiger partial charge in [0, 0.05) is 13.2 Å². The minimum Gasteiger partial charge on any atom is -0.460 e. The first kappa shape index (κ1) is 14.6. The summed E-state index contributed by atoms with van der Waals surface area (Å²) in [5, 5.41) is 7.72. The molecule has 1 heterocycles. The summed E-state index contributed by atoms with van der Waals surface area (Å²) < 4.78 is 12.1. The maximum atomic E-state index is 11.6. The summed E-state index contributed by atoms with van der Waals surface area (Å²) in [7, 11) is 0. The molecule has 0 bridgehead atoms. The highest BCUT2D eigenvalue weighted by molar-refractivity contribution is 5.85. The number of carbonyl (C=O) groups is 1. The number of nitrogens with zero attached hydrogens (tertiary/aromatic N) is 3. The van der Waals surface area contributed by atoms with Gasteiger partial charge in [0.1, 0.15) is 5.82 Å². The number of ether oxygens (including phenoxy) is 2. The molecule has 0 aromatic carbocycles. The molecule has 1 aromatic rings. The Labute approximate surface area is 107 Å². The summed E-state index contributed by atoms with van der Waals surface area (Å²) in [5.74, 6) is 0.497. The van der Waals surface area contributed by atoms with Crippen molar-refractivity contribution in [3.05, 3.63) is 11.6 Å². The zero-order valence-corrected chi connectivity index (χ0v) is 11.3. The Morgan fingerprint density at radius 3 is 2.72 bits per heavy atom. The first-order valence-electron chi connectivity index (χ1n) is 6.35.